The highest BCUT2D eigenvalue weighted by Gasteiger charge is 2.01. The fourth-order valence-electron chi connectivity index (χ4n) is 1.05. The normalized spacial score (nSPS) is 11.6. The summed E-state index contributed by atoms with van der Waals surface area (Å²) in [7, 11) is 1.70. The predicted octanol–water partition coefficient (Wildman–Crippen LogP) is 4.02. The predicted molar refractivity (Wildman–Crippen MR) is 63.0 cm³/mol. The molecule has 0 aliphatic heterocycles. The van der Waals surface area contributed by atoms with E-state index in [0.29, 0.717) is 0 Å². The summed E-state index contributed by atoms with van der Waals surface area (Å²) in [6, 6.07) is 6.15. The van der Waals surface area contributed by atoms with Gasteiger partial charge in [0.1, 0.15) is 5.75 Å². The van der Waals surface area contributed by atoms with Gasteiger partial charge in [-0.15, -0.1) is 0 Å². The van der Waals surface area contributed by atoms with Crippen LogP contribution in [0.2, 0.25) is 0 Å². The molecule has 0 amide bonds. The topological polar surface area (TPSA) is 9.23 Å². The van der Waals surface area contributed by atoms with Crippen molar-refractivity contribution < 1.29 is 4.74 Å². The monoisotopic (exact) mass is 208 g/mol. The molecule has 0 saturated carbocycles. The summed E-state index contributed by atoms with van der Waals surface area (Å²) in [5.74, 6) is 0.919. The molecule has 2 heteroatoms. The molecule has 1 nitrogen and oxygen atoms in total. The Morgan fingerprint density at radius 3 is 2.71 bits per heavy atom. The first-order chi connectivity index (χ1) is 6.67. The fraction of sp³-hybridized carbons (Fsp3) is 0.333. The minimum Gasteiger partial charge on any atom is -0.497 e. The van der Waals surface area contributed by atoms with Gasteiger partial charge in [-0.2, -0.15) is 0 Å². The summed E-state index contributed by atoms with van der Waals surface area (Å²) in [6.07, 6.45) is 2.11. The van der Waals surface area contributed by atoms with E-state index >= 15 is 0 Å². The van der Waals surface area contributed by atoms with Crippen LogP contribution in [0.3, 0.4) is 0 Å². The van der Waals surface area contributed by atoms with Crippen molar-refractivity contribution in [3.05, 3.63) is 34.7 Å². The van der Waals surface area contributed by atoms with Crippen LogP contribution in [0, 0.1) is 6.92 Å². The zero-order valence-corrected chi connectivity index (χ0v) is 9.94. The summed E-state index contributed by atoms with van der Waals surface area (Å²) in [6.45, 7) is 6.28. The van der Waals surface area contributed by atoms with E-state index in [2.05, 4.69) is 39.0 Å². The second-order valence-electron chi connectivity index (χ2n) is 3.13. The molecule has 0 aliphatic rings. The lowest BCUT2D eigenvalue weighted by Crippen LogP contribution is -1.85. The quantitative estimate of drug-likeness (QED) is 0.694. The molecule has 0 aromatic heterocycles. The first-order valence-corrected chi connectivity index (χ1v) is 5.44. The summed E-state index contributed by atoms with van der Waals surface area (Å²) in [4.78, 5) is 2.57. The first-order valence-electron chi connectivity index (χ1n) is 4.62. The molecule has 0 heterocycles. The summed E-state index contributed by atoms with van der Waals surface area (Å²) in [5, 5.41) is 0. The third-order valence-electron chi connectivity index (χ3n) is 2.07. The Kier molecular flexibility index (Phi) is 4.08. The molecule has 0 radical (unpaired) electrons. The number of allylic oxidation sites excluding steroid dienone is 2. The highest BCUT2D eigenvalue weighted by molar-refractivity contribution is 8.03. The minimum atomic E-state index is 0.919. The van der Waals surface area contributed by atoms with Crippen molar-refractivity contribution in [3.63, 3.8) is 0 Å². The molecule has 76 valence electrons. The van der Waals surface area contributed by atoms with Crippen LogP contribution in [0.25, 0.3) is 0 Å². The molecular weight excluding hydrogens is 192 g/mol. The summed E-state index contributed by atoms with van der Waals surface area (Å²) in [5.41, 5.74) is 1.29. The molecule has 0 spiro atoms. The number of hydrogen-bond acceptors (Lipinski definition) is 2. The molecule has 0 saturated heterocycles. The molecule has 0 N–H and O–H groups in total. The molecule has 1 aromatic carbocycles. The van der Waals surface area contributed by atoms with Gasteiger partial charge < -0.3 is 4.74 Å². The van der Waals surface area contributed by atoms with E-state index in [0.717, 1.165) is 5.75 Å². The maximum atomic E-state index is 5.19. The highest BCUT2D eigenvalue weighted by Crippen LogP contribution is 2.31. The van der Waals surface area contributed by atoms with Crippen LogP contribution in [-0.2, 0) is 0 Å². The molecule has 0 atom stereocenters. The second-order valence-corrected chi connectivity index (χ2v) is 4.42. The number of ether oxygens (including phenoxy) is 1. The van der Waals surface area contributed by atoms with Crippen LogP contribution in [0.4, 0.5) is 0 Å². The molecular formula is C12H16OS. The van der Waals surface area contributed by atoms with E-state index in [9.17, 15) is 0 Å². The van der Waals surface area contributed by atoms with Gasteiger partial charge in [-0.05, 0) is 43.4 Å². The van der Waals surface area contributed by atoms with Gasteiger partial charge in [-0.25, -0.2) is 0 Å². The number of benzene rings is 1. The zero-order valence-electron chi connectivity index (χ0n) is 9.13. The molecule has 14 heavy (non-hydrogen) atoms. The van der Waals surface area contributed by atoms with E-state index in [4.69, 9.17) is 4.74 Å². The molecule has 0 aliphatic carbocycles. The number of hydrogen-bond donors (Lipinski definition) is 0. The van der Waals surface area contributed by atoms with Crippen molar-refractivity contribution in [2.75, 3.05) is 7.11 Å². The van der Waals surface area contributed by atoms with Crippen LogP contribution >= 0.6 is 11.8 Å². The van der Waals surface area contributed by atoms with Crippen molar-refractivity contribution >= 4 is 11.8 Å². The van der Waals surface area contributed by atoms with Gasteiger partial charge in [0.2, 0.25) is 0 Å². The molecule has 0 bridgehead atoms. The Balaban J connectivity index is 2.95. The molecule has 1 rings (SSSR count). The minimum absolute atomic E-state index is 0.919. The largest absolute Gasteiger partial charge is 0.497 e. The Hall–Kier alpha value is -0.890. The standard InChI is InChI=1S/C12H16OS/c1-5-10(3)14-12-8-11(13-4)7-6-9(12)2/h5-8H,1-4H3/b10-5-. The summed E-state index contributed by atoms with van der Waals surface area (Å²) < 4.78 is 5.19. The van der Waals surface area contributed by atoms with E-state index in [-0.39, 0.29) is 0 Å². The van der Waals surface area contributed by atoms with E-state index in [1.807, 2.05) is 6.07 Å². The fourth-order valence-corrected chi connectivity index (χ4v) is 1.92. The van der Waals surface area contributed by atoms with Crippen molar-refractivity contribution in [1.29, 1.82) is 0 Å². The SMILES string of the molecule is C/C=C(/C)Sc1cc(OC)ccc1C. The van der Waals surface area contributed by atoms with E-state index in [1.54, 1.807) is 18.9 Å². The third-order valence-corrected chi connectivity index (χ3v) is 3.29. The van der Waals surface area contributed by atoms with Gasteiger partial charge in [0.05, 0.1) is 7.11 Å². The average Bonchev–Trinajstić information content (AvgIpc) is 2.21. The second kappa shape index (κ2) is 5.11. The van der Waals surface area contributed by atoms with Gasteiger partial charge in [-0.3, -0.25) is 0 Å². The van der Waals surface area contributed by atoms with Crippen molar-refractivity contribution in [3.8, 4) is 5.75 Å². The van der Waals surface area contributed by atoms with Gasteiger partial charge in [-0.1, -0.05) is 23.9 Å². The molecule has 0 fully saturated rings. The van der Waals surface area contributed by atoms with Crippen molar-refractivity contribution in [1.82, 2.24) is 0 Å². The molecule has 1 aromatic rings. The van der Waals surface area contributed by atoms with Crippen LogP contribution in [0.5, 0.6) is 5.75 Å². The van der Waals surface area contributed by atoms with Crippen LogP contribution < -0.4 is 4.74 Å². The molecule has 0 unspecified atom stereocenters. The Morgan fingerprint density at radius 2 is 2.14 bits per heavy atom. The van der Waals surface area contributed by atoms with Crippen molar-refractivity contribution in [2.24, 2.45) is 0 Å². The van der Waals surface area contributed by atoms with E-state index in [1.165, 1.54) is 15.4 Å². The number of rotatable bonds is 3. The summed E-state index contributed by atoms with van der Waals surface area (Å²) >= 11 is 1.78. The van der Waals surface area contributed by atoms with Crippen LogP contribution in [0.15, 0.2) is 34.1 Å². The van der Waals surface area contributed by atoms with Gasteiger partial charge in [0, 0.05) is 4.90 Å². The lowest BCUT2D eigenvalue weighted by molar-refractivity contribution is 0.413. The maximum Gasteiger partial charge on any atom is 0.120 e. The average molecular weight is 208 g/mol. The van der Waals surface area contributed by atoms with Crippen LogP contribution in [0.1, 0.15) is 19.4 Å². The van der Waals surface area contributed by atoms with Crippen LogP contribution in [-0.4, -0.2) is 7.11 Å². The van der Waals surface area contributed by atoms with Gasteiger partial charge in [0.15, 0.2) is 0 Å². The number of methoxy groups -OCH3 is 1. The Labute approximate surface area is 90.2 Å². The zero-order chi connectivity index (χ0) is 10.6. The van der Waals surface area contributed by atoms with E-state index < -0.39 is 0 Å². The van der Waals surface area contributed by atoms with Gasteiger partial charge >= 0.3 is 0 Å². The number of thioether (sulfide) groups is 1. The lowest BCUT2D eigenvalue weighted by atomic mass is 10.2. The first kappa shape index (κ1) is 11.2. The van der Waals surface area contributed by atoms with Crippen molar-refractivity contribution in [2.45, 2.75) is 25.7 Å². The maximum absolute atomic E-state index is 5.19. The lowest BCUT2D eigenvalue weighted by Gasteiger charge is -2.07. The van der Waals surface area contributed by atoms with Gasteiger partial charge in [0.25, 0.3) is 0 Å². The smallest absolute Gasteiger partial charge is 0.120 e. The highest BCUT2D eigenvalue weighted by atomic mass is 32.2. The third kappa shape index (κ3) is 2.81. The Bertz CT molecular complexity index is 342. The Morgan fingerprint density at radius 1 is 1.43 bits per heavy atom. The number of aryl methyl sites for hydroxylation is 1.